The van der Waals surface area contributed by atoms with Crippen LogP contribution < -0.4 is 4.74 Å². The maximum Gasteiger partial charge on any atom is 0.417 e. The molecule has 0 saturated carbocycles. The summed E-state index contributed by atoms with van der Waals surface area (Å²) >= 11 is 11.2. The Morgan fingerprint density at radius 1 is 1.09 bits per heavy atom. The molecule has 0 fully saturated rings. The molecule has 3 nitrogen and oxygen atoms in total. The number of carbonyl (C=O) groups is 1. The highest BCUT2D eigenvalue weighted by Gasteiger charge is 2.34. The Hall–Kier alpha value is -1.92. The quantitative estimate of drug-likeness (QED) is 0.809. The van der Waals surface area contributed by atoms with Crippen molar-refractivity contribution in [2.45, 2.75) is 12.3 Å². The second kappa shape index (κ2) is 6.68. The van der Waals surface area contributed by atoms with Crippen molar-refractivity contribution in [3.05, 3.63) is 63.6 Å². The van der Waals surface area contributed by atoms with Crippen molar-refractivity contribution >= 4 is 29.2 Å². The van der Waals surface area contributed by atoms with Crippen molar-refractivity contribution in [2.24, 2.45) is 0 Å². The highest BCUT2D eigenvalue weighted by Crippen LogP contribution is 2.37. The fourth-order valence-electron chi connectivity index (χ4n) is 1.83. The Labute approximate surface area is 139 Å². The van der Waals surface area contributed by atoms with Crippen molar-refractivity contribution < 1.29 is 27.8 Å². The lowest BCUT2D eigenvalue weighted by Crippen LogP contribution is -2.18. The van der Waals surface area contributed by atoms with Crippen LogP contribution in [0.2, 0.25) is 10.0 Å². The molecule has 0 aliphatic carbocycles. The number of halogens is 5. The third-order valence-corrected chi connectivity index (χ3v) is 3.48. The van der Waals surface area contributed by atoms with Gasteiger partial charge in [0.1, 0.15) is 5.75 Å². The minimum Gasteiger partial charge on any atom is -0.478 e. The molecule has 1 N–H and O–H groups in total. The Bertz CT molecular complexity index is 715. The van der Waals surface area contributed by atoms with Crippen LogP contribution in [0, 0.1) is 0 Å². The normalized spacial score (nSPS) is 12.7. The number of alkyl halides is 3. The molecular formula is C15H9Cl2F3O3. The van der Waals surface area contributed by atoms with E-state index < -0.39 is 28.8 Å². The maximum atomic E-state index is 12.8. The topological polar surface area (TPSA) is 46.5 Å². The first-order valence-corrected chi connectivity index (χ1v) is 6.96. The van der Waals surface area contributed by atoms with E-state index in [1.165, 1.54) is 30.3 Å². The predicted molar refractivity (Wildman–Crippen MR) is 78.9 cm³/mol. The van der Waals surface area contributed by atoms with Gasteiger partial charge in [-0.25, -0.2) is 4.79 Å². The van der Waals surface area contributed by atoms with Crippen LogP contribution in [0.1, 0.15) is 17.2 Å². The van der Waals surface area contributed by atoms with Crippen LogP contribution in [0.5, 0.6) is 5.75 Å². The van der Waals surface area contributed by atoms with Gasteiger partial charge in [-0.1, -0.05) is 35.3 Å². The van der Waals surface area contributed by atoms with E-state index in [4.69, 9.17) is 27.9 Å². The van der Waals surface area contributed by atoms with Crippen LogP contribution in [-0.4, -0.2) is 11.1 Å². The largest absolute Gasteiger partial charge is 0.478 e. The summed E-state index contributed by atoms with van der Waals surface area (Å²) in [5.74, 6) is -1.61. The Morgan fingerprint density at radius 3 is 2.22 bits per heavy atom. The van der Waals surface area contributed by atoms with Gasteiger partial charge in [-0.3, -0.25) is 0 Å². The number of ether oxygens (including phenoxy) is 1. The number of carboxylic acids is 1. The summed E-state index contributed by atoms with van der Waals surface area (Å²) in [4.78, 5) is 11.3. The van der Waals surface area contributed by atoms with E-state index in [2.05, 4.69) is 0 Å². The van der Waals surface area contributed by atoms with Crippen LogP contribution in [0.25, 0.3) is 0 Å². The number of rotatable bonds is 4. The van der Waals surface area contributed by atoms with E-state index in [0.717, 1.165) is 6.07 Å². The molecule has 2 rings (SSSR count). The SMILES string of the molecule is O=C(O)C(Oc1ccc(Cl)c(C(F)(F)F)c1)c1ccc(Cl)cc1. The summed E-state index contributed by atoms with van der Waals surface area (Å²) in [6.45, 7) is 0. The third-order valence-electron chi connectivity index (χ3n) is 2.89. The number of hydrogen-bond acceptors (Lipinski definition) is 2. The number of carboxylic acid groups (broad SMARTS) is 1. The van der Waals surface area contributed by atoms with Gasteiger partial charge in [0.15, 0.2) is 0 Å². The molecule has 0 saturated heterocycles. The highest BCUT2D eigenvalue weighted by atomic mass is 35.5. The molecule has 1 unspecified atom stereocenters. The molecule has 0 radical (unpaired) electrons. The van der Waals surface area contributed by atoms with Gasteiger partial charge in [-0.2, -0.15) is 13.2 Å². The fraction of sp³-hybridized carbons (Fsp3) is 0.133. The second-order valence-electron chi connectivity index (χ2n) is 4.53. The molecule has 0 heterocycles. The van der Waals surface area contributed by atoms with E-state index in [1.54, 1.807) is 0 Å². The monoisotopic (exact) mass is 364 g/mol. The van der Waals surface area contributed by atoms with Gasteiger partial charge in [-0.15, -0.1) is 0 Å². The Balaban J connectivity index is 2.34. The van der Waals surface area contributed by atoms with E-state index in [0.29, 0.717) is 11.1 Å². The summed E-state index contributed by atoms with van der Waals surface area (Å²) in [5, 5.41) is 9.13. The van der Waals surface area contributed by atoms with Gasteiger partial charge in [0.05, 0.1) is 10.6 Å². The third kappa shape index (κ3) is 4.30. The smallest absolute Gasteiger partial charge is 0.417 e. The average molecular weight is 365 g/mol. The summed E-state index contributed by atoms with van der Waals surface area (Å²) < 4.78 is 43.7. The zero-order valence-corrected chi connectivity index (χ0v) is 12.8. The van der Waals surface area contributed by atoms with Gasteiger partial charge in [0, 0.05) is 10.6 Å². The molecule has 0 aliphatic rings. The molecule has 0 spiro atoms. The zero-order valence-electron chi connectivity index (χ0n) is 11.3. The van der Waals surface area contributed by atoms with Gasteiger partial charge in [0.2, 0.25) is 6.10 Å². The Kier molecular flexibility index (Phi) is 5.06. The molecule has 2 aromatic rings. The maximum absolute atomic E-state index is 12.8. The minimum atomic E-state index is -4.67. The molecule has 0 aliphatic heterocycles. The number of benzene rings is 2. The van der Waals surface area contributed by atoms with Crippen LogP contribution >= 0.6 is 23.2 Å². The van der Waals surface area contributed by atoms with Crippen molar-refractivity contribution in [2.75, 3.05) is 0 Å². The molecule has 0 bridgehead atoms. The van der Waals surface area contributed by atoms with Gasteiger partial charge < -0.3 is 9.84 Å². The number of aliphatic carboxylic acids is 1. The van der Waals surface area contributed by atoms with Crippen LogP contribution in [-0.2, 0) is 11.0 Å². The van der Waals surface area contributed by atoms with E-state index in [1.807, 2.05) is 0 Å². The first kappa shape index (κ1) is 17.4. The summed E-state index contributed by atoms with van der Waals surface area (Å²) in [6, 6.07) is 8.58. The van der Waals surface area contributed by atoms with Crippen molar-refractivity contribution in [1.82, 2.24) is 0 Å². The summed E-state index contributed by atoms with van der Waals surface area (Å²) in [5.41, 5.74) is -0.859. The standard InChI is InChI=1S/C15H9Cl2F3O3/c16-9-3-1-8(2-4-9)13(14(21)22)23-10-5-6-12(17)11(7-10)15(18,19)20/h1-7,13H,(H,21,22). The van der Waals surface area contributed by atoms with Gasteiger partial charge >= 0.3 is 12.1 Å². The van der Waals surface area contributed by atoms with Crippen molar-refractivity contribution in [3.8, 4) is 5.75 Å². The first-order valence-electron chi connectivity index (χ1n) is 6.20. The molecule has 122 valence electrons. The molecular weight excluding hydrogens is 356 g/mol. The zero-order chi connectivity index (χ0) is 17.2. The van der Waals surface area contributed by atoms with Crippen LogP contribution in [0.3, 0.4) is 0 Å². The van der Waals surface area contributed by atoms with E-state index >= 15 is 0 Å². The van der Waals surface area contributed by atoms with Crippen molar-refractivity contribution in [3.63, 3.8) is 0 Å². The fourth-order valence-corrected chi connectivity index (χ4v) is 2.18. The first-order chi connectivity index (χ1) is 10.7. The van der Waals surface area contributed by atoms with Gasteiger partial charge in [-0.05, 0) is 30.3 Å². The van der Waals surface area contributed by atoms with Gasteiger partial charge in [0.25, 0.3) is 0 Å². The summed E-state index contributed by atoms with van der Waals surface area (Å²) in [7, 11) is 0. The predicted octanol–water partition coefficient (Wildman–Crippen LogP) is 5.22. The van der Waals surface area contributed by atoms with Crippen molar-refractivity contribution in [1.29, 1.82) is 0 Å². The lowest BCUT2D eigenvalue weighted by molar-refractivity contribution is -0.145. The molecule has 23 heavy (non-hydrogen) atoms. The minimum absolute atomic E-state index is 0.241. The molecule has 0 aromatic heterocycles. The lowest BCUT2D eigenvalue weighted by atomic mass is 10.1. The highest BCUT2D eigenvalue weighted by molar-refractivity contribution is 6.31. The van der Waals surface area contributed by atoms with E-state index in [-0.39, 0.29) is 11.3 Å². The number of hydrogen-bond donors (Lipinski definition) is 1. The van der Waals surface area contributed by atoms with Crippen LogP contribution in [0.15, 0.2) is 42.5 Å². The molecule has 1 atom stereocenters. The lowest BCUT2D eigenvalue weighted by Gasteiger charge is -2.17. The summed E-state index contributed by atoms with van der Waals surface area (Å²) in [6.07, 6.45) is -6.15. The molecule has 8 heteroatoms. The molecule has 2 aromatic carbocycles. The Morgan fingerprint density at radius 2 is 1.70 bits per heavy atom. The van der Waals surface area contributed by atoms with Crippen LogP contribution in [0.4, 0.5) is 13.2 Å². The average Bonchev–Trinajstić information content (AvgIpc) is 2.46. The second-order valence-corrected chi connectivity index (χ2v) is 5.37. The van der Waals surface area contributed by atoms with E-state index in [9.17, 15) is 23.1 Å². The molecule has 0 amide bonds.